The summed E-state index contributed by atoms with van der Waals surface area (Å²) < 4.78 is 11.1. The van der Waals surface area contributed by atoms with Gasteiger partial charge in [0, 0.05) is 17.6 Å². The number of fused-ring (bicyclic) bond motifs is 1. The number of nitrogens with two attached hydrogens (primary N) is 1. The van der Waals surface area contributed by atoms with E-state index in [1.807, 2.05) is 12.1 Å². The zero-order valence-electron chi connectivity index (χ0n) is 11.3. The summed E-state index contributed by atoms with van der Waals surface area (Å²) in [7, 11) is 1.59. The fourth-order valence-electron chi connectivity index (χ4n) is 2.04. The van der Waals surface area contributed by atoms with Crippen LogP contribution >= 0.6 is 11.6 Å². The molecule has 0 spiro atoms. The zero-order valence-corrected chi connectivity index (χ0v) is 12.1. The first kappa shape index (κ1) is 13.5. The molecular weight excluding hydrogens is 288 g/mol. The summed E-state index contributed by atoms with van der Waals surface area (Å²) >= 11 is 6.17. The third kappa shape index (κ3) is 2.58. The molecule has 0 radical (unpaired) electrons. The Morgan fingerprint density at radius 3 is 2.76 bits per heavy atom. The lowest BCUT2D eigenvalue weighted by Gasteiger charge is -2.12. The van der Waals surface area contributed by atoms with Crippen molar-refractivity contribution < 1.29 is 9.47 Å². The average molecular weight is 301 g/mol. The van der Waals surface area contributed by atoms with Crippen LogP contribution in [0.2, 0.25) is 5.02 Å². The van der Waals surface area contributed by atoms with Gasteiger partial charge in [0.05, 0.1) is 17.8 Å². The highest BCUT2D eigenvalue weighted by Crippen LogP contribution is 2.36. The number of anilines is 1. The fraction of sp³-hybridized carbons (Fsp3) is 0.0625. The molecule has 0 saturated heterocycles. The fourth-order valence-corrected chi connectivity index (χ4v) is 2.26. The maximum absolute atomic E-state index is 6.17. The zero-order chi connectivity index (χ0) is 14.8. The molecule has 0 atom stereocenters. The van der Waals surface area contributed by atoms with Crippen molar-refractivity contribution in [3.63, 3.8) is 0 Å². The molecule has 5 heteroatoms. The SMILES string of the molecule is COc1ccc(N)c(Oc2ccc(Cl)c3cccnc23)c1. The summed E-state index contributed by atoms with van der Waals surface area (Å²) in [5.74, 6) is 1.78. The molecule has 0 unspecified atom stereocenters. The molecule has 0 aliphatic rings. The number of rotatable bonds is 3. The number of halogens is 1. The second-order valence-corrected chi connectivity index (χ2v) is 4.86. The van der Waals surface area contributed by atoms with Crippen LogP contribution in [0.1, 0.15) is 0 Å². The van der Waals surface area contributed by atoms with Gasteiger partial charge in [0.25, 0.3) is 0 Å². The minimum absolute atomic E-state index is 0.517. The van der Waals surface area contributed by atoms with E-state index in [0.717, 1.165) is 5.39 Å². The highest BCUT2D eigenvalue weighted by atomic mass is 35.5. The molecule has 0 bridgehead atoms. The van der Waals surface area contributed by atoms with Crippen LogP contribution in [0.15, 0.2) is 48.7 Å². The predicted molar refractivity (Wildman–Crippen MR) is 84.2 cm³/mol. The summed E-state index contributed by atoms with van der Waals surface area (Å²) in [5.41, 5.74) is 7.15. The number of nitrogen functional groups attached to an aromatic ring is 1. The molecule has 1 aromatic heterocycles. The largest absolute Gasteiger partial charge is 0.497 e. The standard InChI is InChI=1S/C16H13ClN2O2/c1-20-10-4-6-13(18)15(9-10)21-14-7-5-12(17)11-3-2-8-19-16(11)14/h2-9H,18H2,1H3. The normalized spacial score (nSPS) is 10.6. The number of nitrogens with zero attached hydrogens (tertiary/aromatic N) is 1. The van der Waals surface area contributed by atoms with Crippen LogP contribution in [0.3, 0.4) is 0 Å². The van der Waals surface area contributed by atoms with Gasteiger partial charge in [0.2, 0.25) is 0 Å². The van der Waals surface area contributed by atoms with E-state index in [4.69, 9.17) is 26.8 Å². The van der Waals surface area contributed by atoms with Gasteiger partial charge in [-0.1, -0.05) is 11.6 Å². The minimum Gasteiger partial charge on any atom is -0.497 e. The molecule has 4 nitrogen and oxygen atoms in total. The van der Waals surface area contributed by atoms with E-state index in [-0.39, 0.29) is 0 Å². The molecule has 3 aromatic rings. The van der Waals surface area contributed by atoms with E-state index in [0.29, 0.717) is 33.5 Å². The van der Waals surface area contributed by atoms with Crippen molar-refractivity contribution >= 4 is 28.2 Å². The molecule has 106 valence electrons. The van der Waals surface area contributed by atoms with Gasteiger partial charge in [0.1, 0.15) is 11.3 Å². The molecule has 21 heavy (non-hydrogen) atoms. The Kier molecular flexibility index (Phi) is 3.54. The number of ether oxygens (including phenoxy) is 2. The minimum atomic E-state index is 0.517. The monoisotopic (exact) mass is 300 g/mol. The third-order valence-corrected chi connectivity index (χ3v) is 3.45. The Morgan fingerprint density at radius 2 is 1.95 bits per heavy atom. The van der Waals surface area contributed by atoms with Crippen molar-refractivity contribution in [2.24, 2.45) is 0 Å². The molecule has 0 fully saturated rings. The van der Waals surface area contributed by atoms with Crippen LogP contribution in [-0.4, -0.2) is 12.1 Å². The molecule has 1 heterocycles. The first-order chi connectivity index (χ1) is 10.2. The van der Waals surface area contributed by atoms with Crippen LogP contribution < -0.4 is 15.2 Å². The molecule has 0 aliphatic carbocycles. The summed E-state index contributed by atoms with van der Waals surface area (Å²) in [6, 6.07) is 12.5. The van der Waals surface area contributed by atoms with Crippen LogP contribution in [0.25, 0.3) is 10.9 Å². The number of hydrogen-bond acceptors (Lipinski definition) is 4. The highest BCUT2D eigenvalue weighted by Gasteiger charge is 2.10. The van der Waals surface area contributed by atoms with E-state index in [1.165, 1.54) is 0 Å². The topological polar surface area (TPSA) is 57.4 Å². The smallest absolute Gasteiger partial charge is 0.154 e. The van der Waals surface area contributed by atoms with Crippen molar-refractivity contribution in [1.82, 2.24) is 4.98 Å². The van der Waals surface area contributed by atoms with E-state index < -0.39 is 0 Å². The molecule has 3 rings (SSSR count). The Labute approximate surface area is 127 Å². The van der Waals surface area contributed by atoms with Gasteiger partial charge in [-0.15, -0.1) is 0 Å². The van der Waals surface area contributed by atoms with Crippen LogP contribution in [0.5, 0.6) is 17.2 Å². The molecule has 0 saturated carbocycles. The number of benzene rings is 2. The quantitative estimate of drug-likeness (QED) is 0.734. The van der Waals surface area contributed by atoms with E-state index in [2.05, 4.69) is 4.98 Å². The van der Waals surface area contributed by atoms with Crippen LogP contribution in [-0.2, 0) is 0 Å². The molecule has 2 N–H and O–H groups in total. The van der Waals surface area contributed by atoms with Crippen molar-refractivity contribution in [2.75, 3.05) is 12.8 Å². The lowest BCUT2D eigenvalue weighted by atomic mass is 10.2. The lowest BCUT2D eigenvalue weighted by molar-refractivity contribution is 0.409. The van der Waals surface area contributed by atoms with Gasteiger partial charge in [-0.2, -0.15) is 0 Å². The van der Waals surface area contributed by atoms with Crippen molar-refractivity contribution in [3.05, 3.63) is 53.7 Å². The Bertz CT molecular complexity index is 805. The molecule has 2 aromatic carbocycles. The second-order valence-electron chi connectivity index (χ2n) is 4.45. The van der Waals surface area contributed by atoms with E-state index in [9.17, 15) is 0 Å². The Balaban J connectivity index is 2.08. The molecule has 0 aliphatic heterocycles. The first-order valence-electron chi connectivity index (χ1n) is 6.33. The molecule has 0 amide bonds. The summed E-state index contributed by atoms with van der Waals surface area (Å²) in [4.78, 5) is 4.33. The van der Waals surface area contributed by atoms with Crippen LogP contribution in [0, 0.1) is 0 Å². The van der Waals surface area contributed by atoms with Gasteiger partial charge in [-0.3, -0.25) is 4.98 Å². The van der Waals surface area contributed by atoms with E-state index in [1.54, 1.807) is 43.6 Å². The number of methoxy groups -OCH3 is 1. The summed E-state index contributed by atoms with van der Waals surface area (Å²) in [6.45, 7) is 0. The number of pyridine rings is 1. The average Bonchev–Trinajstić information content (AvgIpc) is 2.52. The predicted octanol–water partition coefficient (Wildman–Crippen LogP) is 4.27. The third-order valence-electron chi connectivity index (χ3n) is 3.12. The molecular formula is C16H13ClN2O2. The van der Waals surface area contributed by atoms with Crippen molar-refractivity contribution in [1.29, 1.82) is 0 Å². The van der Waals surface area contributed by atoms with Gasteiger partial charge < -0.3 is 15.2 Å². The maximum Gasteiger partial charge on any atom is 0.154 e. The maximum atomic E-state index is 6.17. The van der Waals surface area contributed by atoms with Crippen molar-refractivity contribution in [2.45, 2.75) is 0 Å². The summed E-state index contributed by atoms with van der Waals surface area (Å²) in [5, 5.41) is 1.46. The second kappa shape index (κ2) is 5.50. The first-order valence-corrected chi connectivity index (χ1v) is 6.71. The van der Waals surface area contributed by atoms with Gasteiger partial charge in [0.15, 0.2) is 11.5 Å². The van der Waals surface area contributed by atoms with E-state index >= 15 is 0 Å². The Hall–Kier alpha value is -2.46. The van der Waals surface area contributed by atoms with Crippen LogP contribution in [0.4, 0.5) is 5.69 Å². The lowest BCUT2D eigenvalue weighted by Crippen LogP contribution is -1.94. The van der Waals surface area contributed by atoms with Gasteiger partial charge in [-0.25, -0.2) is 0 Å². The number of aromatic nitrogens is 1. The summed E-state index contributed by atoms with van der Waals surface area (Å²) in [6.07, 6.45) is 1.69. The Morgan fingerprint density at radius 1 is 1.10 bits per heavy atom. The highest BCUT2D eigenvalue weighted by molar-refractivity contribution is 6.35. The van der Waals surface area contributed by atoms with Gasteiger partial charge in [-0.05, 0) is 36.4 Å². The number of hydrogen-bond donors (Lipinski definition) is 1. The van der Waals surface area contributed by atoms with Gasteiger partial charge >= 0.3 is 0 Å². The van der Waals surface area contributed by atoms with Crippen molar-refractivity contribution in [3.8, 4) is 17.2 Å².